The number of rotatable bonds is 5. The fourth-order valence-electron chi connectivity index (χ4n) is 1.51. The molecule has 0 aromatic heterocycles. The van der Waals surface area contributed by atoms with Gasteiger partial charge >= 0.3 is 0 Å². The number of halogens is 1. The Morgan fingerprint density at radius 2 is 2.25 bits per heavy atom. The molecule has 1 rings (SSSR count). The van der Waals surface area contributed by atoms with Crippen LogP contribution in [-0.2, 0) is 11.3 Å². The SMILES string of the molecule is CCN(Cc1cccc(Br)c1)C(=O)CCN. The Balaban J connectivity index is 2.66. The lowest BCUT2D eigenvalue weighted by Gasteiger charge is -2.20. The van der Waals surface area contributed by atoms with E-state index < -0.39 is 0 Å². The Morgan fingerprint density at radius 1 is 1.50 bits per heavy atom. The van der Waals surface area contributed by atoms with Gasteiger partial charge in [0, 0.05) is 30.5 Å². The largest absolute Gasteiger partial charge is 0.339 e. The lowest BCUT2D eigenvalue weighted by molar-refractivity contribution is -0.131. The zero-order valence-electron chi connectivity index (χ0n) is 9.45. The van der Waals surface area contributed by atoms with E-state index in [1.807, 2.05) is 36.1 Å². The predicted molar refractivity (Wildman–Crippen MR) is 68.9 cm³/mol. The Bertz CT molecular complexity index is 355. The molecule has 0 fully saturated rings. The Kier molecular flexibility index (Phi) is 5.49. The van der Waals surface area contributed by atoms with Crippen LogP contribution < -0.4 is 5.73 Å². The number of carbonyl (C=O) groups excluding carboxylic acids is 1. The number of hydrogen-bond acceptors (Lipinski definition) is 2. The second-order valence-corrected chi connectivity index (χ2v) is 4.49. The second kappa shape index (κ2) is 6.66. The molecule has 2 N–H and O–H groups in total. The summed E-state index contributed by atoms with van der Waals surface area (Å²) in [5.74, 6) is 0.116. The highest BCUT2D eigenvalue weighted by Crippen LogP contribution is 2.13. The van der Waals surface area contributed by atoms with Gasteiger partial charge in [-0.15, -0.1) is 0 Å². The molecule has 0 saturated heterocycles. The molecule has 0 spiro atoms. The molecule has 3 nitrogen and oxygen atoms in total. The summed E-state index contributed by atoms with van der Waals surface area (Å²) < 4.78 is 1.03. The van der Waals surface area contributed by atoms with E-state index in [1.54, 1.807) is 0 Å². The zero-order chi connectivity index (χ0) is 12.0. The van der Waals surface area contributed by atoms with Gasteiger partial charge in [0.15, 0.2) is 0 Å². The fourth-order valence-corrected chi connectivity index (χ4v) is 1.96. The van der Waals surface area contributed by atoms with Crippen LogP contribution in [0.3, 0.4) is 0 Å². The maximum atomic E-state index is 11.7. The molecular weight excluding hydrogens is 268 g/mol. The van der Waals surface area contributed by atoms with Crippen LogP contribution in [0.25, 0.3) is 0 Å². The average Bonchev–Trinajstić information content (AvgIpc) is 2.26. The molecule has 0 bridgehead atoms. The van der Waals surface area contributed by atoms with Gasteiger partial charge in [-0.05, 0) is 24.6 Å². The third kappa shape index (κ3) is 3.94. The van der Waals surface area contributed by atoms with Crippen molar-refractivity contribution in [2.45, 2.75) is 19.9 Å². The molecule has 4 heteroatoms. The van der Waals surface area contributed by atoms with Crippen LogP contribution in [0, 0.1) is 0 Å². The zero-order valence-corrected chi connectivity index (χ0v) is 11.0. The van der Waals surface area contributed by atoms with Crippen LogP contribution in [0.5, 0.6) is 0 Å². The van der Waals surface area contributed by atoms with Crippen LogP contribution in [0.15, 0.2) is 28.7 Å². The number of carbonyl (C=O) groups is 1. The Hall–Kier alpha value is -0.870. The highest BCUT2D eigenvalue weighted by atomic mass is 79.9. The molecule has 0 atom stereocenters. The molecule has 0 radical (unpaired) electrons. The Morgan fingerprint density at radius 3 is 2.81 bits per heavy atom. The van der Waals surface area contributed by atoms with Crippen molar-refractivity contribution in [1.82, 2.24) is 4.90 Å². The van der Waals surface area contributed by atoms with E-state index in [0.717, 1.165) is 10.0 Å². The van der Waals surface area contributed by atoms with Gasteiger partial charge in [-0.2, -0.15) is 0 Å². The maximum Gasteiger partial charge on any atom is 0.224 e. The molecule has 0 saturated carbocycles. The summed E-state index contributed by atoms with van der Waals surface area (Å²) in [4.78, 5) is 13.5. The van der Waals surface area contributed by atoms with Gasteiger partial charge in [-0.3, -0.25) is 4.79 Å². The third-order valence-electron chi connectivity index (χ3n) is 2.36. The van der Waals surface area contributed by atoms with Crippen LogP contribution in [0.4, 0.5) is 0 Å². The number of nitrogens with two attached hydrogens (primary N) is 1. The molecule has 88 valence electrons. The van der Waals surface area contributed by atoms with Gasteiger partial charge in [-0.1, -0.05) is 28.1 Å². The minimum absolute atomic E-state index is 0.116. The predicted octanol–water partition coefficient (Wildman–Crippen LogP) is 2.15. The smallest absolute Gasteiger partial charge is 0.224 e. The minimum Gasteiger partial charge on any atom is -0.339 e. The van der Waals surface area contributed by atoms with Crippen molar-refractivity contribution in [3.8, 4) is 0 Å². The van der Waals surface area contributed by atoms with Crippen molar-refractivity contribution in [1.29, 1.82) is 0 Å². The third-order valence-corrected chi connectivity index (χ3v) is 2.85. The molecule has 16 heavy (non-hydrogen) atoms. The minimum atomic E-state index is 0.116. The van der Waals surface area contributed by atoms with Crippen LogP contribution >= 0.6 is 15.9 Å². The van der Waals surface area contributed by atoms with E-state index in [9.17, 15) is 4.79 Å². The summed E-state index contributed by atoms with van der Waals surface area (Å²) in [5, 5.41) is 0. The van der Waals surface area contributed by atoms with Crippen molar-refractivity contribution in [3.05, 3.63) is 34.3 Å². The number of nitrogens with zero attached hydrogens (tertiary/aromatic N) is 1. The maximum absolute atomic E-state index is 11.7. The van der Waals surface area contributed by atoms with Crippen molar-refractivity contribution < 1.29 is 4.79 Å². The van der Waals surface area contributed by atoms with E-state index in [0.29, 0.717) is 26.1 Å². The standard InChI is InChI=1S/C12H17BrN2O/c1-2-15(12(16)6-7-14)9-10-4-3-5-11(13)8-10/h3-5,8H,2,6-7,9,14H2,1H3. The summed E-state index contributed by atoms with van der Waals surface area (Å²) in [5.41, 5.74) is 6.51. The van der Waals surface area contributed by atoms with E-state index in [1.165, 1.54) is 0 Å². The monoisotopic (exact) mass is 284 g/mol. The van der Waals surface area contributed by atoms with Gasteiger partial charge in [0.05, 0.1) is 0 Å². The van der Waals surface area contributed by atoms with Crippen LogP contribution in [0.2, 0.25) is 0 Å². The fraction of sp³-hybridized carbons (Fsp3) is 0.417. The van der Waals surface area contributed by atoms with Gasteiger partial charge in [-0.25, -0.2) is 0 Å². The number of amides is 1. The second-order valence-electron chi connectivity index (χ2n) is 3.58. The molecule has 0 aliphatic carbocycles. The van der Waals surface area contributed by atoms with Crippen LogP contribution in [0.1, 0.15) is 18.9 Å². The Labute approximate surface area is 105 Å². The summed E-state index contributed by atoms with van der Waals surface area (Å²) in [6.45, 7) is 3.75. The average molecular weight is 285 g/mol. The topological polar surface area (TPSA) is 46.3 Å². The van der Waals surface area contributed by atoms with Gasteiger partial charge in [0.1, 0.15) is 0 Å². The number of hydrogen-bond donors (Lipinski definition) is 1. The lowest BCUT2D eigenvalue weighted by atomic mass is 10.2. The molecular formula is C12H17BrN2O. The van der Waals surface area contributed by atoms with Gasteiger partial charge < -0.3 is 10.6 Å². The van der Waals surface area contributed by atoms with Gasteiger partial charge in [0.25, 0.3) is 0 Å². The van der Waals surface area contributed by atoms with Crippen LogP contribution in [-0.4, -0.2) is 23.9 Å². The summed E-state index contributed by atoms with van der Waals surface area (Å²) in [7, 11) is 0. The van der Waals surface area contributed by atoms with E-state index >= 15 is 0 Å². The molecule has 0 aliphatic heterocycles. The molecule has 0 unspecified atom stereocenters. The van der Waals surface area contributed by atoms with Crippen molar-refractivity contribution >= 4 is 21.8 Å². The highest BCUT2D eigenvalue weighted by Gasteiger charge is 2.10. The summed E-state index contributed by atoms with van der Waals surface area (Å²) in [6.07, 6.45) is 0.418. The van der Waals surface area contributed by atoms with Crippen molar-refractivity contribution in [3.63, 3.8) is 0 Å². The van der Waals surface area contributed by atoms with Gasteiger partial charge in [0.2, 0.25) is 5.91 Å². The normalized spacial score (nSPS) is 10.2. The molecule has 0 heterocycles. The highest BCUT2D eigenvalue weighted by molar-refractivity contribution is 9.10. The first-order valence-corrected chi connectivity index (χ1v) is 6.19. The summed E-state index contributed by atoms with van der Waals surface area (Å²) in [6, 6.07) is 7.99. The molecule has 0 aliphatic rings. The first kappa shape index (κ1) is 13.2. The van der Waals surface area contributed by atoms with Crippen molar-refractivity contribution in [2.24, 2.45) is 5.73 Å². The lowest BCUT2D eigenvalue weighted by Crippen LogP contribution is -2.31. The van der Waals surface area contributed by atoms with E-state index in [4.69, 9.17) is 5.73 Å². The first-order chi connectivity index (χ1) is 7.67. The van der Waals surface area contributed by atoms with E-state index in [2.05, 4.69) is 15.9 Å². The molecule has 1 amide bonds. The van der Waals surface area contributed by atoms with Crippen molar-refractivity contribution in [2.75, 3.05) is 13.1 Å². The summed E-state index contributed by atoms with van der Waals surface area (Å²) >= 11 is 3.42. The number of benzene rings is 1. The quantitative estimate of drug-likeness (QED) is 0.901. The molecule has 1 aromatic rings. The van der Waals surface area contributed by atoms with E-state index in [-0.39, 0.29) is 5.91 Å². The first-order valence-electron chi connectivity index (χ1n) is 5.39. The molecule has 1 aromatic carbocycles.